The number of aliphatic hydroxyl groups is 1. The molecule has 1 atom stereocenters. The van der Waals surface area contributed by atoms with Crippen LogP contribution in [-0.2, 0) is 4.79 Å². The van der Waals surface area contributed by atoms with Crippen molar-refractivity contribution < 1.29 is 19.4 Å². The Hall–Kier alpha value is -2.32. The van der Waals surface area contributed by atoms with Gasteiger partial charge in [0.25, 0.3) is 5.91 Å². The van der Waals surface area contributed by atoms with Gasteiger partial charge in [0.15, 0.2) is 6.61 Å². The van der Waals surface area contributed by atoms with Crippen molar-refractivity contribution in [2.24, 2.45) is 0 Å². The van der Waals surface area contributed by atoms with Crippen LogP contribution in [0.3, 0.4) is 0 Å². The zero-order chi connectivity index (χ0) is 19.2. The standard InChI is InChI=1S/C19H28N4O4/c1-22-16-7-6-14(11-17(16)27-13-18(22)25)21-19(26)20-8-4-10-23-9-3-2-5-15(23)12-24/h6-7,11,15,24H,2-5,8-10,12-13H2,1H3,(H2,20,21,26). The van der Waals surface area contributed by atoms with Crippen molar-refractivity contribution in [2.45, 2.75) is 31.7 Å². The zero-order valence-corrected chi connectivity index (χ0v) is 15.7. The fourth-order valence-corrected chi connectivity index (χ4v) is 3.58. The molecule has 2 aliphatic rings. The van der Waals surface area contributed by atoms with Gasteiger partial charge in [-0.1, -0.05) is 6.42 Å². The van der Waals surface area contributed by atoms with Gasteiger partial charge in [0.1, 0.15) is 5.75 Å². The highest BCUT2D eigenvalue weighted by Gasteiger charge is 2.23. The SMILES string of the molecule is CN1C(=O)COc2cc(NC(=O)NCCCN3CCCCC3CO)ccc21. The van der Waals surface area contributed by atoms with Crippen LogP contribution in [0.15, 0.2) is 18.2 Å². The molecule has 1 saturated heterocycles. The number of fused-ring (bicyclic) bond motifs is 1. The Balaban J connectivity index is 1.42. The molecule has 0 aliphatic carbocycles. The predicted octanol–water partition coefficient (Wildman–Crippen LogP) is 1.40. The summed E-state index contributed by atoms with van der Waals surface area (Å²) < 4.78 is 5.43. The molecule has 1 aromatic rings. The second kappa shape index (κ2) is 9.05. The lowest BCUT2D eigenvalue weighted by molar-refractivity contribution is -0.120. The van der Waals surface area contributed by atoms with Crippen molar-refractivity contribution >= 4 is 23.3 Å². The van der Waals surface area contributed by atoms with Gasteiger partial charge in [0.05, 0.1) is 12.3 Å². The first-order valence-electron chi connectivity index (χ1n) is 9.51. The topological polar surface area (TPSA) is 94.1 Å². The number of benzene rings is 1. The van der Waals surface area contributed by atoms with Gasteiger partial charge < -0.3 is 25.4 Å². The minimum absolute atomic E-state index is 0.00445. The molecule has 8 nitrogen and oxygen atoms in total. The van der Waals surface area contributed by atoms with Crippen molar-refractivity contribution in [1.82, 2.24) is 10.2 Å². The molecule has 0 saturated carbocycles. The number of urea groups is 1. The molecule has 0 aromatic heterocycles. The Morgan fingerprint density at radius 2 is 2.22 bits per heavy atom. The van der Waals surface area contributed by atoms with Gasteiger partial charge in [-0.15, -0.1) is 0 Å². The number of likely N-dealkylation sites (N-methyl/N-ethyl adjacent to an activating group) is 1. The third-order valence-electron chi connectivity index (χ3n) is 5.17. The van der Waals surface area contributed by atoms with E-state index >= 15 is 0 Å². The summed E-state index contributed by atoms with van der Waals surface area (Å²) >= 11 is 0. The van der Waals surface area contributed by atoms with Crippen LogP contribution >= 0.6 is 0 Å². The summed E-state index contributed by atoms with van der Waals surface area (Å²) in [4.78, 5) is 27.6. The molecule has 2 heterocycles. The Morgan fingerprint density at radius 3 is 3.04 bits per heavy atom. The van der Waals surface area contributed by atoms with Gasteiger partial charge in [0, 0.05) is 37.9 Å². The lowest BCUT2D eigenvalue weighted by atomic mass is 10.0. The van der Waals surface area contributed by atoms with Gasteiger partial charge in [-0.2, -0.15) is 0 Å². The number of anilines is 2. The average molecular weight is 376 g/mol. The molecule has 3 N–H and O–H groups in total. The van der Waals surface area contributed by atoms with Gasteiger partial charge >= 0.3 is 6.03 Å². The Morgan fingerprint density at radius 1 is 1.37 bits per heavy atom. The molecule has 1 fully saturated rings. The minimum Gasteiger partial charge on any atom is -0.481 e. The van der Waals surface area contributed by atoms with E-state index in [9.17, 15) is 14.7 Å². The van der Waals surface area contributed by atoms with E-state index in [-0.39, 0.29) is 31.2 Å². The summed E-state index contributed by atoms with van der Waals surface area (Å²) in [5, 5.41) is 15.1. The quantitative estimate of drug-likeness (QED) is 0.653. The smallest absolute Gasteiger partial charge is 0.319 e. The van der Waals surface area contributed by atoms with Crippen molar-refractivity contribution in [2.75, 3.05) is 50.1 Å². The number of likely N-dealkylation sites (tertiary alicyclic amines) is 1. The molecule has 27 heavy (non-hydrogen) atoms. The summed E-state index contributed by atoms with van der Waals surface area (Å²) in [7, 11) is 1.70. The Kier molecular flexibility index (Phi) is 6.52. The number of hydrogen-bond donors (Lipinski definition) is 3. The molecule has 2 aliphatic heterocycles. The number of hydrogen-bond acceptors (Lipinski definition) is 5. The summed E-state index contributed by atoms with van der Waals surface area (Å²) in [6.07, 6.45) is 4.23. The number of aliphatic hydroxyl groups excluding tert-OH is 1. The number of amides is 3. The van der Waals surface area contributed by atoms with Gasteiger partial charge in [0.2, 0.25) is 0 Å². The maximum atomic E-state index is 12.1. The van der Waals surface area contributed by atoms with Crippen molar-refractivity contribution in [1.29, 1.82) is 0 Å². The monoisotopic (exact) mass is 376 g/mol. The molecule has 148 valence electrons. The molecule has 0 radical (unpaired) electrons. The van der Waals surface area contributed by atoms with E-state index in [2.05, 4.69) is 15.5 Å². The second-order valence-corrected chi connectivity index (χ2v) is 7.03. The molecule has 3 amide bonds. The molecular weight excluding hydrogens is 348 g/mol. The first-order valence-corrected chi connectivity index (χ1v) is 9.51. The van der Waals surface area contributed by atoms with E-state index in [4.69, 9.17) is 4.74 Å². The molecule has 1 aromatic carbocycles. The fraction of sp³-hybridized carbons (Fsp3) is 0.579. The van der Waals surface area contributed by atoms with Crippen molar-refractivity contribution in [3.8, 4) is 5.75 Å². The van der Waals surface area contributed by atoms with Crippen LogP contribution in [-0.4, -0.2) is 67.9 Å². The van der Waals surface area contributed by atoms with E-state index in [1.807, 2.05) is 0 Å². The second-order valence-electron chi connectivity index (χ2n) is 7.03. The predicted molar refractivity (Wildman–Crippen MR) is 103 cm³/mol. The number of nitrogens with one attached hydrogen (secondary N) is 2. The van der Waals surface area contributed by atoms with E-state index in [0.717, 1.165) is 25.9 Å². The average Bonchev–Trinajstić information content (AvgIpc) is 2.68. The maximum Gasteiger partial charge on any atom is 0.319 e. The Bertz CT molecular complexity index is 682. The van der Waals surface area contributed by atoms with Crippen LogP contribution in [0.2, 0.25) is 0 Å². The number of carbonyl (C=O) groups is 2. The zero-order valence-electron chi connectivity index (χ0n) is 15.7. The molecular formula is C19H28N4O4. The van der Waals surface area contributed by atoms with E-state index in [0.29, 0.717) is 23.7 Å². The van der Waals surface area contributed by atoms with Gasteiger partial charge in [-0.3, -0.25) is 9.69 Å². The summed E-state index contributed by atoms with van der Waals surface area (Å²) in [6.45, 7) is 2.67. The first-order chi connectivity index (χ1) is 13.1. The third-order valence-corrected chi connectivity index (χ3v) is 5.17. The van der Waals surface area contributed by atoms with Crippen LogP contribution in [0.1, 0.15) is 25.7 Å². The van der Waals surface area contributed by atoms with Crippen LogP contribution in [0.5, 0.6) is 5.75 Å². The molecule has 0 bridgehead atoms. The lowest BCUT2D eigenvalue weighted by Crippen LogP contribution is -2.43. The molecule has 3 rings (SSSR count). The number of carbonyl (C=O) groups excluding carboxylic acids is 2. The largest absolute Gasteiger partial charge is 0.481 e. The fourth-order valence-electron chi connectivity index (χ4n) is 3.58. The number of piperidine rings is 1. The molecule has 1 unspecified atom stereocenters. The lowest BCUT2D eigenvalue weighted by Gasteiger charge is -2.34. The van der Waals surface area contributed by atoms with Crippen LogP contribution < -0.4 is 20.3 Å². The molecule has 8 heteroatoms. The number of rotatable bonds is 6. The highest BCUT2D eigenvalue weighted by molar-refractivity contribution is 5.98. The van der Waals surface area contributed by atoms with Crippen LogP contribution in [0.25, 0.3) is 0 Å². The van der Waals surface area contributed by atoms with E-state index in [1.165, 1.54) is 12.8 Å². The molecule has 0 spiro atoms. The normalized spacial score (nSPS) is 20.0. The highest BCUT2D eigenvalue weighted by Crippen LogP contribution is 2.33. The summed E-state index contributed by atoms with van der Waals surface area (Å²) in [6, 6.07) is 5.21. The highest BCUT2D eigenvalue weighted by atomic mass is 16.5. The van der Waals surface area contributed by atoms with Crippen molar-refractivity contribution in [3.05, 3.63) is 18.2 Å². The van der Waals surface area contributed by atoms with Crippen molar-refractivity contribution in [3.63, 3.8) is 0 Å². The van der Waals surface area contributed by atoms with Gasteiger partial charge in [-0.05, 0) is 37.9 Å². The minimum atomic E-state index is -0.271. The van der Waals surface area contributed by atoms with Crippen LogP contribution in [0.4, 0.5) is 16.2 Å². The maximum absolute atomic E-state index is 12.1. The Labute approximate surface area is 159 Å². The number of ether oxygens (including phenoxy) is 1. The van der Waals surface area contributed by atoms with Crippen LogP contribution in [0, 0.1) is 0 Å². The summed E-state index contributed by atoms with van der Waals surface area (Å²) in [5.74, 6) is 0.480. The number of nitrogens with zero attached hydrogens (tertiary/aromatic N) is 2. The third kappa shape index (κ3) is 4.90. The van der Waals surface area contributed by atoms with E-state index < -0.39 is 0 Å². The van der Waals surface area contributed by atoms with Gasteiger partial charge in [-0.25, -0.2) is 4.79 Å². The first kappa shape index (κ1) is 19.4. The van der Waals surface area contributed by atoms with E-state index in [1.54, 1.807) is 30.1 Å². The summed E-state index contributed by atoms with van der Waals surface area (Å²) in [5.41, 5.74) is 1.31.